The van der Waals surface area contributed by atoms with Crippen LogP contribution in [0.25, 0.3) is 0 Å². The van der Waals surface area contributed by atoms with Gasteiger partial charge >= 0.3 is 0 Å². The van der Waals surface area contributed by atoms with E-state index in [1.165, 1.54) is 0 Å². The first-order chi connectivity index (χ1) is 5.96. The van der Waals surface area contributed by atoms with Crippen LogP contribution in [0.4, 0.5) is 0 Å². The molecule has 0 saturated heterocycles. The summed E-state index contributed by atoms with van der Waals surface area (Å²) in [4.78, 5) is 0. The maximum atomic E-state index is 11.3. The SMILES string of the molecule is C=CC[C@H](C)[C@H](C1CC1)S(N)(=O)=O. The van der Waals surface area contributed by atoms with Gasteiger partial charge in [0.2, 0.25) is 10.0 Å². The van der Waals surface area contributed by atoms with Crippen molar-refractivity contribution in [3.8, 4) is 0 Å². The van der Waals surface area contributed by atoms with Crippen molar-refractivity contribution in [2.45, 2.75) is 31.4 Å². The largest absolute Gasteiger partial charge is 0.228 e. The molecule has 0 radical (unpaired) electrons. The minimum absolute atomic E-state index is 0.0972. The summed E-state index contributed by atoms with van der Waals surface area (Å²) in [6.45, 7) is 5.53. The fraction of sp³-hybridized carbons (Fsp3) is 0.778. The average Bonchev–Trinajstić information content (AvgIpc) is 2.68. The molecule has 0 heterocycles. The molecule has 1 aliphatic rings. The molecule has 2 atom stereocenters. The van der Waals surface area contributed by atoms with Crippen molar-refractivity contribution in [1.29, 1.82) is 0 Å². The van der Waals surface area contributed by atoms with Gasteiger partial charge in [0.25, 0.3) is 0 Å². The van der Waals surface area contributed by atoms with Gasteiger partial charge in [0.05, 0.1) is 5.25 Å². The zero-order chi connectivity index (χ0) is 10.1. The van der Waals surface area contributed by atoms with E-state index in [-0.39, 0.29) is 11.2 Å². The molecule has 1 saturated carbocycles. The van der Waals surface area contributed by atoms with Gasteiger partial charge in [-0.15, -0.1) is 6.58 Å². The Hall–Kier alpha value is -0.350. The van der Waals surface area contributed by atoms with E-state index in [0.717, 1.165) is 19.3 Å². The minimum Gasteiger partial charge on any atom is -0.228 e. The molecule has 0 amide bonds. The van der Waals surface area contributed by atoms with E-state index in [9.17, 15) is 8.42 Å². The van der Waals surface area contributed by atoms with Gasteiger partial charge in [-0.05, 0) is 31.1 Å². The number of hydrogen-bond donors (Lipinski definition) is 1. The third kappa shape index (κ3) is 2.81. The normalized spacial score (nSPS) is 22.3. The monoisotopic (exact) mass is 203 g/mol. The van der Waals surface area contributed by atoms with Gasteiger partial charge in [0.1, 0.15) is 0 Å². The van der Waals surface area contributed by atoms with E-state index in [1.54, 1.807) is 6.08 Å². The molecule has 0 unspecified atom stereocenters. The number of hydrogen-bond acceptors (Lipinski definition) is 2. The zero-order valence-electron chi connectivity index (χ0n) is 7.94. The molecule has 0 aromatic carbocycles. The third-order valence-corrected chi connectivity index (χ3v) is 4.17. The maximum absolute atomic E-state index is 11.3. The average molecular weight is 203 g/mol. The predicted octanol–water partition coefficient (Wildman–Crippen LogP) is 1.27. The second-order valence-corrected chi connectivity index (χ2v) is 5.62. The molecule has 1 fully saturated rings. The number of primary sulfonamides is 1. The Morgan fingerprint density at radius 2 is 2.15 bits per heavy atom. The van der Waals surface area contributed by atoms with Gasteiger partial charge in [-0.3, -0.25) is 0 Å². The van der Waals surface area contributed by atoms with Crippen molar-refractivity contribution in [1.82, 2.24) is 0 Å². The Balaban J connectivity index is 2.72. The van der Waals surface area contributed by atoms with Crippen LogP contribution in [0.3, 0.4) is 0 Å². The first-order valence-electron chi connectivity index (χ1n) is 4.59. The molecule has 0 aromatic heterocycles. The summed E-state index contributed by atoms with van der Waals surface area (Å²) in [5.41, 5.74) is 0. The van der Waals surface area contributed by atoms with E-state index < -0.39 is 10.0 Å². The summed E-state index contributed by atoms with van der Waals surface area (Å²) in [7, 11) is -3.37. The van der Waals surface area contributed by atoms with Crippen LogP contribution >= 0.6 is 0 Å². The summed E-state index contributed by atoms with van der Waals surface area (Å²) < 4.78 is 22.5. The van der Waals surface area contributed by atoms with E-state index >= 15 is 0 Å². The van der Waals surface area contributed by atoms with Crippen LogP contribution in [0.1, 0.15) is 26.2 Å². The Kier molecular flexibility index (Phi) is 3.14. The third-order valence-electron chi connectivity index (χ3n) is 2.57. The van der Waals surface area contributed by atoms with E-state index in [0.29, 0.717) is 5.92 Å². The smallest absolute Gasteiger partial charge is 0.212 e. The molecule has 0 aromatic rings. The molecular formula is C9H17NO2S. The van der Waals surface area contributed by atoms with Crippen LogP contribution in [0.15, 0.2) is 12.7 Å². The molecule has 2 N–H and O–H groups in total. The van der Waals surface area contributed by atoms with Crippen molar-refractivity contribution in [3.05, 3.63) is 12.7 Å². The van der Waals surface area contributed by atoms with Crippen molar-refractivity contribution < 1.29 is 8.42 Å². The van der Waals surface area contributed by atoms with Crippen LogP contribution in [-0.4, -0.2) is 13.7 Å². The Morgan fingerprint density at radius 1 is 1.62 bits per heavy atom. The van der Waals surface area contributed by atoms with Crippen molar-refractivity contribution in [2.75, 3.05) is 0 Å². The molecule has 13 heavy (non-hydrogen) atoms. The minimum atomic E-state index is -3.37. The molecule has 4 heteroatoms. The second kappa shape index (κ2) is 3.80. The number of sulfonamides is 1. The van der Waals surface area contributed by atoms with Crippen LogP contribution in [0, 0.1) is 11.8 Å². The summed E-state index contributed by atoms with van der Waals surface area (Å²) in [6.07, 6.45) is 4.48. The van der Waals surface area contributed by atoms with Gasteiger partial charge in [-0.25, -0.2) is 13.6 Å². The molecule has 0 aliphatic heterocycles. The van der Waals surface area contributed by atoms with Gasteiger partial charge < -0.3 is 0 Å². The number of nitrogens with two attached hydrogens (primary N) is 1. The summed E-state index contributed by atoms with van der Waals surface area (Å²) in [5, 5.41) is 4.83. The van der Waals surface area contributed by atoms with Gasteiger partial charge in [-0.1, -0.05) is 13.0 Å². The standard InChI is InChI=1S/C9H17NO2S/c1-3-4-7(2)9(8-5-6-8)13(10,11)12/h3,7-9H,1,4-6H2,2H3,(H2,10,11,12)/t7-,9+/m0/s1. The van der Waals surface area contributed by atoms with Crippen molar-refractivity contribution >= 4 is 10.0 Å². The maximum Gasteiger partial charge on any atom is 0.212 e. The Morgan fingerprint density at radius 3 is 2.46 bits per heavy atom. The lowest BCUT2D eigenvalue weighted by Gasteiger charge is -2.20. The van der Waals surface area contributed by atoms with Crippen LogP contribution in [-0.2, 0) is 10.0 Å². The Labute approximate surface area is 80.1 Å². The molecule has 1 aliphatic carbocycles. The molecular weight excluding hydrogens is 186 g/mol. The molecule has 3 nitrogen and oxygen atoms in total. The lowest BCUT2D eigenvalue weighted by Crippen LogP contribution is -2.35. The highest BCUT2D eigenvalue weighted by molar-refractivity contribution is 7.89. The van der Waals surface area contributed by atoms with Gasteiger partial charge in [0, 0.05) is 0 Å². The first kappa shape index (κ1) is 10.7. The van der Waals surface area contributed by atoms with E-state index in [2.05, 4.69) is 6.58 Å². The zero-order valence-corrected chi connectivity index (χ0v) is 8.76. The van der Waals surface area contributed by atoms with Crippen molar-refractivity contribution in [2.24, 2.45) is 17.0 Å². The first-order valence-corrected chi connectivity index (χ1v) is 6.20. The summed E-state index contributed by atoms with van der Waals surface area (Å²) >= 11 is 0. The topological polar surface area (TPSA) is 60.2 Å². The molecule has 0 spiro atoms. The van der Waals surface area contributed by atoms with E-state index in [4.69, 9.17) is 5.14 Å². The second-order valence-electron chi connectivity index (χ2n) is 3.89. The van der Waals surface area contributed by atoms with Gasteiger partial charge in [-0.2, -0.15) is 0 Å². The van der Waals surface area contributed by atoms with Gasteiger partial charge in [0.15, 0.2) is 0 Å². The molecule has 0 bridgehead atoms. The summed E-state index contributed by atoms with van der Waals surface area (Å²) in [5.74, 6) is 0.393. The Bertz CT molecular complexity index is 280. The number of allylic oxidation sites excluding steroid dienone is 1. The highest BCUT2D eigenvalue weighted by Gasteiger charge is 2.41. The van der Waals surface area contributed by atoms with Crippen molar-refractivity contribution in [3.63, 3.8) is 0 Å². The van der Waals surface area contributed by atoms with Crippen LogP contribution < -0.4 is 5.14 Å². The predicted molar refractivity (Wildman–Crippen MR) is 53.6 cm³/mol. The lowest BCUT2D eigenvalue weighted by atomic mass is 10.0. The van der Waals surface area contributed by atoms with E-state index in [1.807, 2.05) is 6.92 Å². The fourth-order valence-electron chi connectivity index (χ4n) is 1.88. The molecule has 76 valence electrons. The van der Waals surface area contributed by atoms with Crippen LogP contribution in [0.5, 0.6) is 0 Å². The number of rotatable bonds is 5. The highest BCUT2D eigenvalue weighted by Crippen LogP contribution is 2.39. The fourth-order valence-corrected chi connectivity index (χ4v) is 3.45. The highest BCUT2D eigenvalue weighted by atomic mass is 32.2. The quantitative estimate of drug-likeness (QED) is 0.684. The summed E-state index contributed by atoms with van der Waals surface area (Å²) in [6, 6.07) is 0. The lowest BCUT2D eigenvalue weighted by molar-refractivity contribution is 0.478. The van der Waals surface area contributed by atoms with Crippen LogP contribution in [0.2, 0.25) is 0 Å². The molecule has 1 rings (SSSR count).